The van der Waals surface area contributed by atoms with Gasteiger partial charge < -0.3 is 0 Å². The lowest BCUT2D eigenvalue weighted by Gasteiger charge is -2.20. The zero-order valence-electron chi connectivity index (χ0n) is 11.7. The van der Waals surface area contributed by atoms with Gasteiger partial charge >= 0.3 is 0 Å². The highest BCUT2D eigenvalue weighted by atomic mass is 32.1. The van der Waals surface area contributed by atoms with Gasteiger partial charge in [0.2, 0.25) is 5.95 Å². The second kappa shape index (κ2) is 4.94. The Bertz CT molecular complexity index is 859. The summed E-state index contributed by atoms with van der Waals surface area (Å²) in [7, 11) is 0. The van der Waals surface area contributed by atoms with Crippen molar-refractivity contribution in [1.82, 2.24) is 4.98 Å². The smallest absolute Gasteiger partial charge is 0.213 e. The maximum absolute atomic E-state index is 13.7. The molecule has 0 N–H and O–H groups in total. The van der Waals surface area contributed by atoms with Gasteiger partial charge in [0.1, 0.15) is 0 Å². The minimum Gasteiger partial charge on any atom is -0.228 e. The van der Waals surface area contributed by atoms with Crippen molar-refractivity contribution in [3.05, 3.63) is 53.4 Å². The fraction of sp³-hybridized carbons (Fsp3) is 0.176. The monoisotopic (exact) mass is 296 g/mol. The summed E-state index contributed by atoms with van der Waals surface area (Å²) in [6.45, 7) is 3.64. The van der Waals surface area contributed by atoms with Crippen LogP contribution in [0.15, 0.2) is 41.9 Å². The summed E-state index contributed by atoms with van der Waals surface area (Å²) < 4.78 is 14.8. The van der Waals surface area contributed by atoms with Gasteiger partial charge in [-0.25, -0.2) is 4.98 Å². The number of fused-ring (bicyclic) bond motifs is 1. The van der Waals surface area contributed by atoms with Gasteiger partial charge in [-0.1, -0.05) is 18.2 Å². The van der Waals surface area contributed by atoms with Crippen molar-refractivity contribution in [1.29, 1.82) is 5.26 Å². The number of thiophene rings is 1. The molecule has 0 unspecified atom stereocenters. The molecule has 2 nitrogen and oxygen atoms in total. The molecule has 0 spiro atoms. The van der Waals surface area contributed by atoms with E-state index in [1.165, 1.54) is 12.3 Å². The first kappa shape index (κ1) is 13.7. The van der Waals surface area contributed by atoms with E-state index in [4.69, 9.17) is 0 Å². The Morgan fingerprint density at radius 3 is 2.81 bits per heavy atom. The second-order valence-electron chi connectivity index (χ2n) is 5.43. The van der Waals surface area contributed by atoms with Crippen LogP contribution in [0.5, 0.6) is 0 Å². The van der Waals surface area contributed by atoms with Crippen LogP contribution >= 0.6 is 11.3 Å². The Morgan fingerprint density at radius 2 is 2.05 bits per heavy atom. The van der Waals surface area contributed by atoms with Crippen LogP contribution in [0.2, 0.25) is 0 Å². The van der Waals surface area contributed by atoms with Crippen molar-refractivity contribution in [3.63, 3.8) is 0 Å². The van der Waals surface area contributed by atoms with Crippen LogP contribution in [0, 0.1) is 17.3 Å². The third-order valence-electron chi connectivity index (χ3n) is 3.59. The first-order chi connectivity index (χ1) is 10.0. The van der Waals surface area contributed by atoms with E-state index in [-0.39, 0.29) is 0 Å². The van der Waals surface area contributed by atoms with Gasteiger partial charge in [0.25, 0.3) is 0 Å². The van der Waals surface area contributed by atoms with Crippen LogP contribution in [-0.4, -0.2) is 4.98 Å². The molecular weight excluding hydrogens is 283 g/mol. The van der Waals surface area contributed by atoms with E-state index in [0.29, 0.717) is 0 Å². The van der Waals surface area contributed by atoms with Gasteiger partial charge in [-0.05, 0) is 41.8 Å². The van der Waals surface area contributed by atoms with Crippen LogP contribution in [0.1, 0.15) is 19.4 Å². The van der Waals surface area contributed by atoms with E-state index < -0.39 is 11.4 Å². The second-order valence-corrected chi connectivity index (χ2v) is 6.35. The van der Waals surface area contributed by atoms with Crippen LogP contribution in [0.3, 0.4) is 0 Å². The van der Waals surface area contributed by atoms with Gasteiger partial charge in [-0.2, -0.15) is 9.65 Å². The highest BCUT2D eigenvalue weighted by Gasteiger charge is 2.25. The molecule has 3 rings (SSSR count). The number of hydrogen-bond acceptors (Lipinski definition) is 3. The molecule has 4 heteroatoms. The average Bonchev–Trinajstić information content (AvgIpc) is 2.95. The summed E-state index contributed by atoms with van der Waals surface area (Å²) in [6, 6.07) is 11.7. The number of aromatic nitrogens is 1. The van der Waals surface area contributed by atoms with E-state index in [1.807, 2.05) is 43.5 Å². The van der Waals surface area contributed by atoms with Gasteiger partial charge in [-0.3, -0.25) is 0 Å². The summed E-state index contributed by atoms with van der Waals surface area (Å²) in [4.78, 5) is 3.73. The van der Waals surface area contributed by atoms with Crippen molar-refractivity contribution < 1.29 is 4.39 Å². The SMILES string of the molecule is CC(C)(C#N)c1cnc(F)cc1-c1cccc2ccsc12. The predicted octanol–water partition coefficient (Wildman–Crippen LogP) is 4.90. The quantitative estimate of drug-likeness (QED) is 0.630. The molecule has 0 saturated carbocycles. The molecule has 0 fully saturated rings. The van der Waals surface area contributed by atoms with Crippen LogP contribution in [-0.2, 0) is 5.41 Å². The molecule has 104 valence electrons. The zero-order valence-corrected chi connectivity index (χ0v) is 12.5. The predicted molar refractivity (Wildman–Crippen MR) is 83.7 cm³/mol. The molecule has 0 radical (unpaired) electrons. The van der Waals surface area contributed by atoms with E-state index in [1.54, 1.807) is 11.3 Å². The van der Waals surface area contributed by atoms with Crippen LogP contribution in [0.25, 0.3) is 21.2 Å². The average molecular weight is 296 g/mol. The lowest BCUT2D eigenvalue weighted by Crippen LogP contribution is -2.16. The Balaban J connectivity index is 2.35. The van der Waals surface area contributed by atoms with E-state index >= 15 is 0 Å². The zero-order chi connectivity index (χ0) is 15.0. The maximum atomic E-state index is 13.7. The molecule has 0 aliphatic heterocycles. The minimum absolute atomic E-state index is 0.531. The van der Waals surface area contributed by atoms with Gasteiger partial charge in [0.15, 0.2) is 0 Å². The van der Waals surface area contributed by atoms with E-state index in [9.17, 15) is 9.65 Å². The van der Waals surface area contributed by atoms with E-state index in [2.05, 4.69) is 11.1 Å². The normalized spacial score (nSPS) is 11.5. The Kier molecular flexibility index (Phi) is 3.23. The molecule has 2 aromatic heterocycles. The first-order valence-corrected chi connectivity index (χ1v) is 7.45. The summed E-state index contributed by atoms with van der Waals surface area (Å²) in [6.07, 6.45) is 1.47. The molecule has 21 heavy (non-hydrogen) atoms. The van der Waals surface area contributed by atoms with Gasteiger partial charge in [0, 0.05) is 22.5 Å². The number of rotatable bonds is 2. The van der Waals surface area contributed by atoms with Crippen molar-refractivity contribution in [2.45, 2.75) is 19.3 Å². The third kappa shape index (κ3) is 2.30. The molecule has 0 bridgehead atoms. The molecule has 2 heterocycles. The van der Waals surface area contributed by atoms with Crippen LogP contribution in [0.4, 0.5) is 4.39 Å². The minimum atomic E-state index is -0.727. The van der Waals surface area contributed by atoms with Crippen LogP contribution < -0.4 is 0 Å². The lowest BCUT2D eigenvalue weighted by atomic mass is 9.82. The number of nitrogens with zero attached hydrogens (tertiary/aromatic N) is 2. The van der Waals surface area contributed by atoms with Gasteiger partial charge in [0.05, 0.1) is 11.5 Å². The molecule has 0 saturated heterocycles. The molecular formula is C17H13FN2S. The highest BCUT2D eigenvalue weighted by Crippen LogP contribution is 2.38. The Labute approximate surface area is 126 Å². The summed E-state index contributed by atoms with van der Waals surface area (Å²) in [5.74, 6) is -0.531. The number of benzene rings is 1. The fourth-order valence-electron chi connectivity index (χ4n) is 2.42. The van der Waals surface area contributed by atoms with Crippen molar-refractivity contribution in [2.75, 3.05) is 0 Å². The van der Waals surface area contributed by atoms with Crippen molar-refractivity contribution in [3.8, 4) is 17.2 Å². The molecule has 0 atom stereocenters. The number of nitriles is 1. The highest BCUT2D eigenvalue weighted by molar-refractivity contribution is 7.17. The summed E-state index contributed by atoms with van der Waals surface area (Å²) in [5, 5.41) is 12.5. The molecule has 1 aromatic carbocycles. The maximum Gasteiger partial charge on any atom is 0.213 e. The molecule has 0 aliphatic rings. The number of pyridine rings is 1. The largest absolute Gasteiger partial charge is 0.228 e. The number of halogens is 1. The summed E-state index contributed by atoms with van der Waals surface area (Å²) in [5.41, 5.74) is 1.70. The summed E-state index contributed by atoms with van der Waals surface area (Å²) >= 11 is 1.62. The number of hydrogen-bond donors (Lipinski definition) is 0. The third-order valence-corrected chi connectivity index (χ3v) is 4.56. The fourth-order valence-corrected chi connectivity index (χ4v) is 3.34. The Morgan fingerprint density at radius 1 is 1.24 bits per heavy atom. The van der Waals surface area contributed by atoms with Crippen molar-refractivity contribution >= 4 is 21.4 Å². The molecule has 3 aromatic rings. The van der Waals surface area contributed by atoms with Gasteiger partial charge in [-0.15, -0.1) is 11.3 Å². The lowest BCUT2D eigenvalue weighted by molar-refractivity contribution is 0.578. The molecule has 0 aliphatic carbocycles. The van der Waals surface area contributed by atoms with E-state index in [0.717, 1.165) is 26.8 Å². The Hall–Kier alpha value is -2.25. The molecule has 0 amide bonds. The standard InChI is InChI=1S/C17H13FN2S/c1-17(2,10-19)14-9-20-15(18)8-13(14)12-5-3-4-11-6-7-21-16(11)12/h3-9H,1-2H3. The topological polar surface area (TPSA) is 36.7 Å². The van der Waals surface area contributed by atoms with Crippen molar-refractivity contribution in [2.24, 2.45) is 0 Å². The first-order valence-electron chi connectivity index (χ1n) is 6.57.